The highest BCUT2D eigenvalue weighted by atomic mass is 35.5. The Hall–Kier alpha value is -2.46. The van der Waals surface area contributed by atoms with Crippen molar-refractivity contribution < 1.29 is 4.39 Å². The van der Waals surface area contributed by atoms with Gasteiger partial charge >= 0.3 is 0 Å². The summed E-state index contributed by atoms with van der Waals surface area (Å²) >= 11 is 5.99. The molecule has 0 aliphatic rings. The second-order valence-electron chi connectivity index (χ2n) is 4.88. The molecule has 0 saturated carbocycles. The van der Waals surface area contributed by atoms with Crippen molar-refractivity contribution in [2.75, 3.05) is 5.43 Å². The lowest BCUT2D eigenvalue weighted by atomic mass is 10.1. The topological polar surface area (TPSA) is 37.3 Å². The van der Waals surface area contributed by atoms with Crippen molar-refractivity contribution in [2.24, 2.45) is 5.10 Å². The van der Waals surface area contributed by atoms with E-state index in [1.165, 1.54) is 12.3 Å². The molecule has 0 saturated heterocycles. The quantitative estimate of drug-likeness (QED) is 0.558. The first-order valence-electron chi connectivity index (χ1n) is 6.74. The molecule has 3 aromatic rings. The molecule has 0 aliphatic heterocycles. The van der Waals surface area contributed by atoms with E-state index in [2.05, 4.69) is 15.5 Å². The van der Waals surface area contributed by atoms with E-state index in [0.717, 1.165) is 16.5 Å². The third-order valence-corrected chi connectivity index (χ3v) is 3.50. The maximum atomic E-state index is 13.5. The zero-order valence-corrected chi connectivity index (χ0v) is 12.6. The van der Waals surface area contributed by atoms with Crippen molar-refractivity contribution in [3.63, 3.8) is 0 Å². The summed E-state index contributed by atoms with van der Waals surface area (Å²) in [6.07, 6.45) is 1.43. The summed E-state index contributed by atoms with van der Waals surface area (Å²) in [5.41, 5.74) is 5.11. The SMILES string of the molecule is Cc1cc(N/N=C/c2ccccc2F)nc2ccc(Cl)cc12. The van der Waals surface area contributed by atoms with Gasteiger partial charge in [0.2, 0.25) is 0 Å². The lowest BCUT2D eigenvalue weighted by Crippen LogP contribution is -1.96. The minimum atomic E-state index is -0.314. The third kappa shape index (κ3) is 3.07. The van der Waals surface area contributed by atoms with Gasteiger partial charge in [-0.05, 0) is 42.8 Å². The van der Waals surface area contributed by atoms with Crippen LogP contribution in [0.5, 0.6) is 0 Å². The van der Waals surface area contributed by atoms with Gasteiger partial charge in [0.05, 0.1) is 11.7 Å². The molecule has 0 spiro atoms. The van der Waals surface area contributed by atoms with Gasteiger partial charge in [0.1, 0.15) is 11.6 Å². The van der Waals surface area contributed by atoms with Crippen LogP contribution in [0, 0.1) is 12.7 Å². The predicted octanol–water partition coefficient (Wildman–Crippen LogP) is 4.78. The molecular formula is C17H13ClFN3. The Bertz CT molecular complexity index is 862. The van der Waals surface area contributed by atoms with E-state index in [0.29, 0.717) is 16.4 Å². The summed E-state index contributed by atoms with van der Waals surface area (Å²) in [6, 6.07) is 13.8. The molecule has 0 unspecified atom stereocenters. The molecule has 1 N–H and O–H groups in total. The summed E-state index contributed by atoms with van der Waals surface area (Å²) in [6.45, 7) is 1.98. The van der Waals surface area contributed by atoms with Gasteiger partial charge < -0.3 is 0 Å². The second kappa shape index (κ2) is 6.12. The molecule has 0 aliphatic carbocycles. The Morgan fingerprint density at radius 1 is 1.18 bits per heavy atom. The van der Waals surface area contributed by atoms with Crippen LogP contribution in [0.15, 0.2) is 53.6 Å². The smallest absolute Gasteiger partial charge is 0.147 e. The Balaban J connectivity index is 1.85. The van der Waals surface area contributed by atoms with Gasteiger partial charge in [-0.2, -0.15) is 5.10 Å². The van der Waals surface area contributed by atoms with E-state index in [1.807, 2.05) is 25.1 Å². The number of nitrogens with zero attached hydrogens (tertiary/aromatic N) is 2. The summed E-state index contributed by atoms with van der Waals surface area (Å²) in [7, 11) is 0. The number of aromatic nitrogens is 1. The number of nitrogens with one attached hydrogen (secondary N) is 1. The zero-order valence-electron chi connectivity index (χ0n) is 11.8. The number of hydrogen-bond donors (Lipinski definition) is 1. The van der Waals surface area contributed by atoms with Crippen LogP contribution in [0.3, 0.4) is 0 Å². The van der Waals surface area contributed by atoms with Crippen LogP contribution in [-0.4, -0.2) is 11.2 Å². The van der Waals surface area contributed by atoms with E-state index in [-0.39, 0.29) is 5.82 Å². The Morgan fingerprint density at radius 2 is 2.00 bits per heavy atom. The molecule has 0 atom stereocenters. The highest BCUT2D eigenvalue weighted by Crippen LogP contribution is 2.23. The molecule has 1 aromatic heterocycles. The lowest BCUT2D eigenvalue weighted by molar-refractivity contribution is 0.626. The van der Waals surface area contributed by atoms with Gasteiger partial charge in [-0.3, -0.25) is 5.43 Å². The number of halogens is 2. The fourth-order valence-electron chi connectivity index (χ4n) is 2.17. The number of aryl methyl sites for hydroxylation is 1. The van der Waals surface area contributed by atoms with Gasteiger partial charge in [0.15, 0.2) is 0 Å². The first-order valence-corrected chi connectivity index (χ1v) is 7.12. The van der Waals surface area contributed by atoms with Crippen LogP contribution in [-0.2, 0) is 0 Å². The third-order valence-electron chi connectivity index (χ3n) is 3.27. The number of anilines is 1. The molecule has 2 aromatic carbocycles. The van der Waals surface area contributed by atoms with Crippen molar-refractivity contribution in [2.45, 2.75) is 6.92 Å². The van der Waals surface area contributed by atoms with Crippen LogP contribution in [0.4, 0.5) is 10.2 Å². The molecule has 5 heteroatoms. The minimum absolute atomic E-state index is 0.314. The summed E-state index contributed by atoms with van der Waals surface area (Å²) in [5, 5.41) is 5.71. The van der Waals surface area contributed by atoms with Gasteiger partial charge in [0, 0.05) is 16.0 Å². The number of rotatable bonds is 3. The van der Waals surface area contributed by atoms with Crippen LogP contribution in [0.1, 0.15) is 11.1 Å². The Kier molecular flexibility index (Phi) is 4.02. The maximum absolute atomic E-state index is 13.5. The fourth-order valence-corrected chi connectivity index (χ4v) is 2.34. The number of hydrogen-bond acceptors (Lipinski definition) is 3. The van der Waals surface area contributed by atoms with Crippen molar-refractivity contribution in [1.82, 2.24) is 4.98 Å². The molecule has 0 amide bonds. The molecule has 1 heterocycles. The molecule has 3 rings (SSSR count). The molecule has 0 bridgehead atoms. The standard InChI is InChI=1S/C17H13ClFN3/c1-11-8-17(21-16-7-6-13(18)9-14(11)16)22-20-10-12-4-2-3-5-15(12)19/h2-10H,1H3,(H,21,22)/b20-10+. The first kappa shape index (κ1) is 14.5. The van der Waals surface area contributed by atoms with Gasteiger partial charge in [-0.15, -0.1) is 0 Å². The highest BCUT2D eigenvalue weighted by molar-refractivity contribution is 6.31. The van der Waals surface area contributed by atoms with Crippen LogP contribution in [0.25, 0.3) is 10.9 Å². The second-order valence-corrected chi connectivity index (χ2v) is 5.31. The van der Waals surface area contributed by atoms with Gasteiger partial charge in [0.25, 0.3) is 0 Å². The van der Waals surface area contributed by atoms with E-state index in [1.54, 1.807) is 24.3 Å². The monoisotopic (exact) mass is 313 g/mol. The zero-order chi connectivity index (χ0) is 15.5. The van der Waals surface area contributed by atoms with E-state index < -0.39 is 0 Å². The van der Waals surface area contributed by atoms with Crippen molar-refractivity contribution >= 4 is 34.5 Å². The average Bonchev–Trinajstić information content (AvgIpc) is 2.50. The number of pyridine rings is 1. The highest BCUT2D eigenvalue weighted by Gasteiger charge is 2.03. The maximum Gasteiger partial charge on any atom is 0.147 e. The Morgan fingerprint density at radius 3 is 2.82 bits per heavy atom. The largest absolute Gasteiger partial charge is 0.261 e. The molecule has 3 nitrogen and oxygen atoms in total. The Labute approximate surface area is 132 Å². The van der Waals surface area contributed by atoms with Crippen molar-refractivity contribution in [1.29, 1.82) is 0 Å². The minimum Gasteiger partial charge on any atom is -0.261 e. The summed E-state index contributed by atoms with van der Waals surface area (Å²) < 4.78 is 13.5. The lowest BCUT2D eigenvalue weighted by Gasteiger charge is -2.06. The van der Waals surface area contributed by atoms with Gasteiger partial charge in [-0.1, -0.05) is 29.8 Å². The number of fused-ring (bicyclic) bond motifs is 1. The summed E-state index contributed by atoms with van der Waals surface area (Å²) in [5.74, 6) is 0.283. The normalized spacial score (nSPS) is 11.2. The average molecular weight is 314 g/mol. The molecule has 0 fully saturated rings. The summed E-state index contributed by atoms with van der Waals surface area (Å²) in [4.78, 5) is 4.45. The van der Waals surface area contributed by atoms with Crippen LogP contribution in [0.2, 0.25) is 5.02 Å². The molecule has 0 radical (unpaired) electrons. The number of hydrazone groups is 1. The van der Waals surface area contributed by atoms with E-state index >= 15 is 0 Å². The number of benzene rings is 2. The fraction of sp³-hybridized carbons (Fsp3) is 0.0588. The van der Waals surface area contributed by atoms with E-state index in [9.17, 15) is 4.39 Å². The molecule has 22 heavy (non-hydrogen) atoms. The van der Waals surface area contributed by atoms with Crippen molar-refractivity contribution in [3.8, 4) is 0 Å². The van der Waals surface area contributed by atoms with Crippen LogP contribution >= 0.6 is 11.6 Å². The predicted molar refractivity (Wildman–Crippen MR) is 89.1 cm³/mol. The first-order chi connectivity index (χ1) is 10.6. The molecular weight excluding hydrogens is 301 g/mol. The van der Waals surface area contributed by atoms with Gasteiger partial charge in [-0.25, -0.2) is 9.37 Å². The van der Waals surface area contributed by atoms with Crippen LogP contribution < -0.4 is 5.43 Å². The molecule has 110 valence electrons. The van der Waals surface area contributed by atoms with Crippen molar-refractivity contribution in [3.05, 3.63) is 70.5 Å². The van der Waals surface area contributed by atoms with E-state index in [4.69, 9.17) is 11.6 Å².